The van der Waals surface area contributed by atoms with Crippen LogP contribution in [0.5, 0.6) is 0 Å². The fourth-order valence-electron chi connectivity index (χ4n) is 2.22. The molecule has 20 heavy (non-hydrogen) atoms. The summed E-state index contributed by atoms with van der Waals surface area (Å²) in [5.74, 6) is -0.396. The number of hydrogen-bond acceptors (Lipinski definition) is 3. The lowest BCUT2D eigenvalue weighted by molar-refractivity contribution is -0.137. The molecule has 0 radical (unpaired) electrons. The highest BCUT2D eigenvalue weighted by atomic mass is 35.7. The SMILES string of the molecule is O=S(=O)(Cl)CC1CC(c2ccc(C(F)(F)F)cc2)CO1. The Labute approximate surface area is 119 Å². The predicted octanol–water partition coefficient (Wildman–Crippen LogP) is 3.15. The van der Waals surface area contributed by atoms with Crippen molar-refractivity contribution in [1.29, 1.82) is 0 Å². The molecule has 8 heteroatoms. The minimum Gasteiger partial charge on any atom is -0.376 e. The summed E-state index contributed by atoms with van der Waals surface area (Å²) in [5.41, 5.74) is -0.00692. The molecule has 0 amide bonds. The van der Waals surface area contributed by atoms with Crippen LogP contribution in [0, 0.1) is 0 Å². The maximum atomic E-state index is 12.4. The Morgan fingerprint density at radius 2 is 1.85 bits per heavy atom. The van der Waals surface area contributed by atoms with Gasteiger partial charge in [-0.05, 0) is 24.1 Å². The van der Waals surface area contributed by atoms with Gasteiger partial charge >= 0.3 is 6.18 Å². The second-order valence-electron chi connectivity index (χ2n) is 4.71. The zero-order valence-corrected chi connectivity index (χ0v) is 11.8. The van der Waals surface area contributed by atoms with Crippen LogP contribution in [0.2, 0.25) is 0 Å². The summed E-state index contributed by atoms with van der Waals surface area (Å²) in [6.07, 6.45) is -4.44. The minimum absolute atomic E-state index is 0.110. The third kappa shape index (κ3) is 4.10. The van der Waals surface area contributed by atoms with Crippen molar-refractivity contribution in [2.24, 2.45) is 0 Å². The van der Waals surface area contributed by atoms with E-state index in [0.717, 1.165) is 12.1 Å². The van der Waals surface area contributed by atoms with Crippen LogP contribution in [0.4, 0.5) is 13.2 Å². The van der Waals surface area contributed by atoms with Crippen molar-refractivity contribution in [3.63, 3.8) is 0 Å². The minimum atomic E-state index is -4.36. The van der Waals surface area contributed by atoms with Gasteiger partial charge in [0.05, 0.1) is 24.0 Å². The fourth-order valence-corrected chi connectivity index (χ4v) is 3.32. The molecular weight excluding hydrogens is 317 g/mol. The molecule has 1 aliphatic heterocycles. The first-order valence-corrected chi connectivity index (χ1v) is 8.34. The molecule has 2 unspecified atom stereocenters. The van der Waals surface area contributed by atoms with Crippen molar-refractivity contribution in [1.82, 2.24) is 0 Å². The van der Waals surface area contributed by atoms with E-state index in [1.807, 2.05) is 0 Å². The van der Waals surface area contributed by atoms with Gasteiger partial charge in [-0.15, -0.1) is 0 Å². The van der Waals surface area contributed by atoms with E-state index < -0.39 is 26.9 Å². The molecule has 1 saturated heterocycles. The molecule has 1 aromatic carbocycles. The lowest BCUT2D eigenvalue weighted by Crippen LogP contribution is -2.16. The van der Waals surface area contributed by atoms with Gasteiger partial charge in [-0.2, -0.15) is 13.2 Å². The summed E-state index contributed by atoms with van der Waals surface area (Å²) in [4.78, 5) is 0. The van der Waals surface area contributed by atoms with E-state index in [1.165, 1.54) is 12.1 Å². The van der Waals surface area contributed by atoms with E-state index >= 15 is 0 Å². The number of hydrogen-bond donors (Lipinski definition) is 0. The Kier molecular flexibility index (Phi) is 4.32. The third-order valence-electron chi connectivity index (χ3n) is 3.17. The van der Waals surface area contributed by atoms with Gasteiger partial charge in [0.1, 0.15) is 0 Å². The molecule has 1 heterocycles. The van der Waals surface area contributed by atoms with E-state index in [4.69, 9.17) is 15.4 Å². The smallest absolute Gasteiger partial charge is 0.376 e. The average Bonchev–Trinajstić information content (AvgIpc) is 2.74. The van der Waals surface area contributed by atoms with Crippen LogP contribution >= 0.6 is 10.7 Å². The molecule has 112 valence electrons. The number of ether oxygens (including phenoxy) is 1. The average molecular weight is 329 g/mol. The third-order valence-corrected chi connectivity index (χ3v) is 4.32. The van der Waals surface area contributed by atoms with E-state index in [9.17, 15) is 21.6 Å². The monoisotopic (exact) mass is 328 g/mol. The summed E-state index contributed by atoms with van der Waals surface area (Å²) in [7, 11) is 1.50. The zero-order chi connectivity index (χ0) is 15.0. The molecule has 0 aliphatic carbocycles. The maximum Gasteiger partial charge on any atom is 0.416 e. The maximum absolute atomic E-state index is 12.4. The van der Waals surface area contributed by atoms with Crippen LogP contribution < -0.4 is 0 Å². The summed E-state index contributed by atoms with van der Waals surface area (Å²) < 4.78 is 64.5. The van der Waals surface area contributed by atoms with Gasteiger partial charge in [-0.1, -0.05) is 12.1 Å². The number of rotatable bonds is 3. The Balaban J connectivity index is 2.04. The van der Waals surface area contributed by atoms with Crippen LogP contribution in [-0.2, 0) is 20.0 Å². The van der Waals surface area contributed by atoms with Crippen molar-refractivity contribution in [2.75, 3.05) is 12.4 Å². The van der Waals surface area contributed by atoms with E-state index in [0.29, 0.717) is 12.0 Å². The predicted molar refractivity (Wildman–Crippen MR) is 68.2 cm³/mol. The first kappa shape index (κ1) is 15.6. The standard InChI is InChI=1S/C12H12ClF3O3S/c13-20(17,18)7-11-5-9(6-19-11)8-1-3-10(4-2-8)12(14,15)16/h1-4,9,11H,5-7H2. The van der Waals surface area contributed by atoms with Crippen LogP contribution in [0.1, 0.15) is 23.5 Å². The Morgan fingerprint density at radius 1 is 1.25 bits per heavy atom. The first-order chi connectivity index (χ1) is 9.15. The molecular formula is C12H12ClF3O3S. The highest BCUT2D eigenvalue weighted by Gasteiger charge is 2.32. The molecule has 0 spiro atoms. The van der Waals surface area contributed by atoms with Gasteiger partial charge in [0.25, 0.3) is 0 Å². The number of halogens is 4. The lowest BCUT2D eigenvalue weighted by Gasteiger charge is -2.11. The van der Waals surface area contributed by atoms with E-state index in [2.05, 4.69) is 0 Å². The first-order valence-electron chi connectivity index (χ1n) is 5.86. The Morgan fingerprint density at radius 3 is 2.35 bits per heavy atom. The molecule has 2 rings (SSSR count). The lowest BCUT2D eigenvalue weighted by atomic mass is 9.95. The quantitative estimate of drug-likeness (QED) is 0.801. The van der Waals surface area contributed by atoms with Gasteiger partial charge in [-0.3, -0.25) is 0 Å². The molecule has 1 aromatic rings. The van der Waals surface area contributed by atoms with E-state index in [1.54, 1.807) is 0 Å². The molecule has 2 atom stereocenters. The van der Waals surface area contributed by atoms with Gasteiger partial charge in [0.15, 0.2) is 0 Å². The number of benzene rings is 1. The van der Waals surface area contributed by atoms with E-state index in [-0.39, 0.29) is 18.3 Å². The van der Waals surface area contributed by atoms with Gasteiger partial charge < -0.3 is 4.74 Å². The molecule has 0 bridgehead atoms. The van der Waals surface area contributed by atoms with Crippen molar-refractivity contribution in [3.05, 3.63) is 35.4 Å². The molecule has 3 nitrogen and oxygen atoms in total. The van der Waals surface area contributed by atoms with Crippen LogP contribution in [-0.4, -0.2) is 26.9 Å². The van der Waals surface area contributed by atoms with Crippen molar-refractivity contribution >= 4 is 19.7 Å². The second kappa shape index (κ2) is 5.54. The highest BCUT2D eigenvalue weighted by molar-refractivity contribution is 8.13. The largest absolute Gasteiger partial charge is 0.416 e. The summed E-state index contributed by atoms with van der Waals surface area (Å²) in [6.45, 7) is 0.280. The Bertz CT molecular complexity index is 569. The van der Waals surface area contributed by atoms with Crippen molar-refractivity contribution in [2.45, 2.75) is 24.6 Å². The van der Waals surface area contributed by atoms with Gasteiger partial charge in [0, 0.05) is 16.6 Å². The van der Waals surface area contributed by atoms with Gasteiger partial charge in [-0.25, -0.2) is 8.42 Å². The second-order valence-corrected chi connectivity index (χ2v) is 7.53. The normalized spacial score (nSPS) is 24.0. The summed E-state index contributed by atoms with van der Waals surface area (Å²) >= 11 is 0. The van der Waals surface area contributed by atoms with Crippen LogP contribution in [0.25, 0.3) is 0 Å². The van der Waals surface area contributed by atoms with Gasteiger partial charge in [0.2, 0.25) is 9.05 Å². The molecule has 0 N–H and O–H groups in total. The fraction of sp³-hybridized carbons (Fsp3) is 0.500. The molecule has 0 saturated carbocycles. The summed E-state index contributed by atoms with van der Waals surface area (Å²) in [5, 5.41) is 0. The molecule has 0 aromatic heterocycles. The number of alkyl halides is 3. The van der Waals surface area contributed by atoms with Crippen LogP contribution in [0.15, 0.2) is 24.3 Å². The topological polar surface area (TPSA) is 43.4 Å². The molecule has 1 fully saturated rings. The highest BCUT2D eigenvalue weighted by Crippen LogP contribution is 2.33. The Hall–Kier alpha value is -0.790. The van der Waals surface area contributed by atoms with Crippen molar-refractivity contribution < 1.29 is 26.3 Å². The zero-order valence-electron chi connectivity index (χ0n) is 10.2. The summed E-state index contributed by atoms with van der Waals surface area (Å²) in [6, 6.07) is 4.82. The van der Waals surface area contributed by atoms with Crippen LogP contribution in [0.3, 0.4) is 0 Å². The molecule has 1 aliphatic rings. The van der Waals surface area contributed by atoms with Crippen molar-refractivity contribution in [3.8, 4) is 0 Å².